The fraction of sp³-hybridized carbons (Fsp3) is 0.706. The molecular formula is C17H26FN5O15P2. The van der Waals surface area contributed by atoms with Crippen molar-refractivity contribution in [2.75, 3.05) is 18.9 Å². The summed E-state index contributed by atoms with van der Waals surface area (Å²) >= 11 is 0. The van der Waals surface area contributed by atoms with Gasteiger partial charge in [-0.1, -0.05) is 0 Å². The predicted octanol–water partition coefficient (Wildman–Crippen LogP) is -3.58. The van der Waals surface area contributed by atoms with Gasteiger partial charge in [-0.3, -0.25) is 13.6 Å². The van der Waals surface area contributed by atoms with E-state index in [1.807, 2.05) is 0 Å². The van der Waals surface area contributed by atoms with Crippen LogP contribution in [0.25, 0.3) is 11.2 Å². The van der Waals surface area contributed by atoms with Crippen molar-refractivity contribution in [1.29, 1.82) is 0 Å². The largest absolute Gasteiger partial charge is 0.483 e. The quantitative estimate of drug-likeness (QED) is 0.116. The van der Waals surface area contributed by atoms with Gasteiger partial charge in [-0.05, 0) is 0 Å². The van der Waals surface area contributed by atoms with E-state index in [2.05, 4.69) is 28.3 Å². The maximum Gasteiger partial charge on any atom is 0.483 e. The van der Waals surface area contributed by atoms with Crippen molar-refractivity contribution in [1.82, 2.24) is 19.5 Å². The Morgan fingerprint density at radius 1 is 1.00 bits per heavy atom. The average molecular weight is 621 g/mol. The van der Waals surface area contributed by atoms with E-state index in [0.717, 1.165) is 6.33 Å². The molecule has 0 aliphatic carbocycles. The molecule has 23 heteroatoms. The van der Waals surface area contributed by atoms with Crippen LogP contribution in [-0.2, 0) is 32.0 Å². The summed E-state index contributed by atoms with van der Waals surface area (Å²) in [6.45, 7) is -2.18. The number of hydrogen-bond donors (Lipinski definition) is 9. The molecule has 40 heavy (non-hydrogen) atoms. The minimum absolute atomic E-state index is 0.0240. The highest BCUT2D eigenvalue weighted by atomic mass is 31.3. The summed E-state index contributed by atoms with van der Waals surface area (Å²) in [6.07, 6.45) is -17.1. The number of aromatic nitrogens is 4. The van der Waals surface area contributed by atoms with Crippen LogP contribution in [0.1, 0.15) is 6.23 Å². The Kier molecular flexibility index (Phi) is 9.22. The first-order valence-corrected chi connectivity index (χ1v) is 14.2. The molecule has 2 aliphatic heterocycles. The number of aliphatic hydroxyl groups excluding tert-OH is 6. The molecule has 4 rings (SSSR count). The summed E-state index contributed by atoms with van der Waals surface area (Å²) < 4.78 is 63.1. The van der Waals surface area contributed by atoms with Crippen LogP contribution in [0.4, 0.5) is 10.2 Å². The highest BCUT2D eigenvalue weighted by Crippen LogP contribution is 2.61. The zero-order chi connectivity index (χ0) is 29.6. The Morgan fingerprint density at radius 2 is 1.70 bits per heavy atom. The fourth-order valence-corrected chi connectivity index (χ4v) is 6.15. The van der Waals surface area contributed by atoms with Gasteiger partial charge in [0.05, 0.1) is 19.5 Å². The predicted molar refractivity (Wildman–Crippen MR) is 122 cm³/mol. The van der Waals surface area contributed by atoms with Crippen molar-refractivity contribution >= 4 is 32.6 Å². The van der Waals surface area contributed by atoms with Gasteiger partial charge in [0, 0.05) is 0 Å². The lowest BCUT2D eigenvalue weighted by Gasteiger charge is -2.41. The van der Waals surface area contributed by atoms with E-state index < -0.39 is 90.3 Å². The molecule has 2 fully saturated rings. The second-order valence-corrected chi connectivity index (χ2v) is 11.7. The number of ether oxygens (including phenoxy) is 2. The molecule has 2 aromatic rings. The second-order valence-electron chi connectivity index (χ2n) is 8.69. The van der Waals surface area contributed by atoms with Gasteiger partial charge < -0.3 is 55.6 Å². The molecule has 12 atom stereocenters. The number of phosphoric acid groups is 2. The molecule has 2 saturated heterocycles. The molecule has 0 amide bonds. The molecule has 2 aliphatic rings. The number of imidazole rings is 1. The Balaban J connectivity index is 1.38. The Bertz CT molecular complexity index is 1290. The molecule has 0 bridgehead atoms. The first-order valence-electron chi connectivity index (χ1n) is 11.2. The van der Waals surface area contributed by atoms with Crippen molar-refractivity contribution < 1.29 is 76.8 Å². The second kappa shape index (κ2) is 11.8. The van der Waals surface area contributed by atoms with Gasteiger partial charge in [0.25, 0.3) is 0 Å². The van der Waals surface area contributed by atoms with Crippen LogP contribution in [0, 0.1) is 0 Å². The number of nitrogen functional groups attached to an aromatic ring is 1. The van der Waals surface area contributed by atoms with Crippen LogP contribution < -0.4 is 5.73 Å². The van der Waals surface area contributed by atoms with E-state index in [1.165, 1.54) is 10.9 Å². The van der Waals surface area contributed by atoms with Gasteiger partial charge >= 0.3 is 15.6 Å². The molecule has 0 aromatic carbocycles. The maximum atomic E-state index is 13.8. The molecule has 2 aromatic heterocycles. The topological polar surface area (TPSA) is 312 Å². The summed E-state index contributed by atoms with van der Waals surface area (Å²) in [5, 5.41) is 59.3. The summed E-state index contributed by atoms with van der Waals surface area (Å²) in [4.78, 5) is 31.6. The van der Waals surface area contributed by atoms with Crippen molar-refractivity contribution in [3.8, 4) is 0 Å². The molecular weight excluding hydrogens is 595 g/mol. The monoisotopic (exact) mass is 621 g/mol. The van der Waals surface area contributed by atoms with Gasteiger partial charge in [0.1, 0.15) is 54.6 Å². The molecule has 5 unspecified atom stereocenters. The number of rotatable bonds is 10. The van der Waals surface area contributed by atoms with Crippen molar-refractivity contribution in [3.63, 3.8) is 0 Å². The summed E-state index contributed by atoms with van der Waals surface area (Å²) in [6, 6.07) is 0. The first kappa shape index (κ1) is 31.2. The Labute approximate surface area is 222 Å². The summed E-state index contributed by atoms with van der Waals surface area (Å²) in [5.41, 5.74) is 6.01. The van der Waals surface area contributed by atoms with Crippen LogP contribution in [0.3, 0.4) is 0 Å². The van der Waals surface area contributed by atoms with E-state index in [4.69, 9.17) is 20.3 Å². The van der Waals surface area contributed by atoms with Crippen molar-refractivity contribution in [2.45, 2.75) is 61.4 Å². The zero-order valence-electron chi connectivity index (χ0n) is 19.9. The van der Waals surface area contributed by atoms with E-state index in [1.54, 1.807) is 0 Å². The molecule has 226 valence electrons. The molecule has 0 spiro atoms. The van der Waals surface area contributed by atoms with Gasteiger partial charge in [0.15, 0.2) is 30.2 Å². The van der Waals surface area contributed by atoms with E-state index in [0.29, 0.717) is 0 Å². The van der Waals surface area contributed by atoms with E-state index >= 15 is 0 Å². The molecule has 10 N–H and O–H groups in total. The SMILES string of the molecule is Nc1ncnc2c1ncn2[C@@H]1O[C@H](COP(=O)(O)OP(=O)(O)O[C@@H]2OC([C@@H](F)CO)[C@@H](O)[C@H](O)C2O)[C@H](O)C1O. The third kappa shape index (κ3) is 6.33. The number of anilines is 1. The lowest BCUT2D eigenvalue weighted by molar-refractivity contribution is -0.287. The number of nitrogens with zero attached hydrogens (tertiary/aromatic N) is 4. The fourth-order valence-electron chi connectivity index (χ4n) is 3.99. The zero-order valence-corrected chi connectivity index (χ0v) is 21.7. The number of phosphoric ester groups is 2. The number of hydrogen-bond acceptors (Lipinski definition) is 17. The lowest BCUT2D eigenvalue weighted by Crippen LogP contribution is -2.60. The number of aliphatic hydroxyl groups is 6. The highest BCUT2D eigenvalue weighted by Gasteiger charge is 2.51. The molecule has 20 nitrogen and oxygen atoms in total. The molecule has 0 radical (unpaired) electrons. The van der Waals surface area contributed by atoms with E-state index in [-0.39, 0.29) is 17.0 Å². The molecule has 4 heterocycles. The number of nitrogens with two attached hydrogens (primary N) is 1. The number of halogens is 1. The molecule has 0 saturated carbocycles. The number of alkyl halides is 1. The van der Waals surface area contributed by atoms with E-state index in [9.17, 15) is 48.8 Å². The minimum atomic E-state index is -5.70. The van der Waals surface area contributed by atoms with Crippen LogP contribution in [0.2, 0.25) is 0 Å². The van der Waals surface area contributed by atoms with Crippen LogP contribution in [-0.4, -0.2) is 128 Å². The van der Waals surface area contributed by atoms with Gasteiger partial charge in [0.2, 0.25) is 0 Å². The van der Waals surface area contributed by atoms with Crippen LogP contribution in [0.15, 0.2) is 12.7 Å². The third-order valence-electron chi connectivity index (χ3n) is 5.98. The number of fused-ring (bicyclic) bond motifs is 1. The normalized spacial score (nSPS) is 36.8. The minimum Gasteiger partial charge on any atom is -0.393 e. The average Bonchev–Trinajstić information content (AvgIpc) is 3.43. The van der Waals surface area contributed by atoms with Gasteiger partial charge in [-0.25, -0.2) is 28.5 Å². The van der Waals surface area contributed by atoms with Crippen molar-refractivity contribution in [2.24, 2.45) is 0 Å². The highest BCUT2D eigenvalue weighted by molar-refractivity contribution is 7.61. The lowest BCUT2D eigenvalue weighted by atomic mass is 9.96. The van der Waals surface area contributed by atoms with Gasteiger partial charge in [-0.15, -0.1) is 0 Å². The smallest absolute Gasteiger partial charge is 0.393 e. The van der Waals surface area contributed by atoms with Crippen LogP contribution in [0.5, 0.6) is 0 Å². The Morgan fingerprint density at radius 3 is 2.38 bits per heavy atom. The summed E-state index contributed by atoms with van der Waals surface area (Å²) in [7, 11) is -11.2. The Hall–Kier alpha value is -1.78. The first-order chi connectivity index (χ1) is 18.7. The standard InChI is InChI=1S/C17H26FN5O15P2/c18-5(1-24)13-10(27)9(26)12(29)17(36-13)37-40(32,33)38-39(30,31)34-2-6-8(25)11(28)16(35-6)23-4-22-7-14(19)20-3-21-15(7)23/h3-6,8-13,16-17,24-29H,1-2H2,(H,30,31)(H,32,33)(H2,19,20,21)/t5-,6+,8-,9-,10-,11?,12?,13?,16+,17-/m0/s1. The third-order valence-corrected chi connectivity index (χ3v) is 8.58. The van der Waals surface area contributed by atoms with Crippen molar-refractivity contribution in [3.05, 3.63) is 12.7 Å². The van der Waals surface area contributed by atoms with Crippen LogP contribution >= 0.6 is 15.6 Å². The summed E-state index contributed by atoms with van der Waals surface area (Å²) in [5.74, 6) is 0.0240. The maximum absolute atomic E-state index is 13.8. The van der Waals surface area contributed by atoms with Gasteiger partial charge in [-0.2, -0.15) is 4.31 Å².